The van der Waals surface area contributed by atoms with E-state index in [-0.39, 0.29) is 40.0 Å². The molecule has 0 saturated heterocycles. The number of halogens is 3. The maximum absolute atomic E-state index is 10.6. The van der Waals surface area contributed by atoms with E-state index in [1.807, 2.05) is 16.7 Å². The van der Waals surface area contributed by atoms with E-state index in [2.05, 4.69) is 16.9 Å². The zero-order chi connectivity index (χ0) is 108. The standard InChI is InChI=1S/C15H19ClN2O.C8H5ClN2O.C7H13.B103.BrH.Mg/c16-12-7-13(14-8-17-10-18(14)9-12)15(19)6-11-4-2-1-3-5-11;9-7-1-6(4-12)8-2-10-5-11(8)3-7;1-7-5-3-2-4-6-7;1-53-79(52)92(78(50)51)99(93(80(54(2)3)55(4)5)81(56(6)7)57(8)9)102(98(90(74(42)43)75(44)45)91(76(46)47)77(48)49)103(100(94(82(58(10)11)59(12)13)83(60(14)15)61(16)17)95(84(62(18)19)63(20)21)85(64(22)23)65(24)25)101(96(86(66(26)27)67(28)29)87(68(30)31)69(32)33)97(88(70(34)35)71(36)37)89(72(38)39)73(40)41;;/h7-11,15,19H,1-6H2;1-5H;7H,1-6H2;;1H;/q;;-1;;;+2/p-1. The summed E-state index contributed by atoms with van der Waals surface area (Å²) in [4.78, 5) is 18.6. The summed E-state index contributed by atoms with van der Waals surface area (Å²) in [5, 5.41) is 11.7. The van der Waals surface area contributed by atoms with Gasteiger partial charge in [-0.3, -0.25) is 4.79 Å². The van der Waals surface area contributed by atoms with Crippen LogP contribution in [0.3, 0.4) is 0 Å². The van der Waals surface area contributed by atoms with Crippen LogP contribution in [0.2, 0.25) is 10.0 Å². The molecule has 6 rings (SSSR count). The normalized spacial score (nSPS) is 11.7. The Bertz CT molecular complexity index is 3670. The number of hydrogen-bond acceptors (Lipinski definition) is 4. The van der Waals surface area contributed by atoms with Crippen molar-refractivity contribution in [3.05, 3.63) is 77.7 Å². The third-order valence-electron chi connectivity index (χ3n) is 29.5. The maximum Gasteiger partial charge on any atom is 2.00 e. The van der Waals surface area contributed by atoms with E-state index < -0.39 is 325 Å². The number of nitrogens with zero attached hydrogens (tertiary/aromatic N) is 4. The van der Waals surface area contributed by atoms with E-state index in [1.54, 1.807) is 41.7 Å². The summed E-state index contributed by atoms with van der Waals surface area (Å²) in [6.07, 6.45) is -71.2. The first-order chi connectivity index (χ1) is 65.3. The van der Waals surface area contributed by atoms with Gasteiger partial charge in [-0.1, -0.05) is 87.4 Å². The number of hydrogen-bond donors (Lipinski definition) is 1. The maximum atomic E-state index is 10.6. The molecule has 0 aliphatic heterocycles. The van der Waals surface area contributed by atoms with Crippen LogP contribution in [0.4, 0.5) is 0 Å². The van der Waals surface area contributed by atoms with Gasteiger partial charge in [0.25, 0.3) is 0 Å². The van der Waals surface area contributed by atoms with E-state index in [4.69, 9.17) is 426 Å². The Morgan fingerprint density at radius 1 is 0.315 bits per heavy atom. The van der Waals surface area contributed by atoms with Crippen LogP contribution in [0.1, 0.15) is 92.7 Å². The molecule has 1 N–H and O–H groups in total. The Morgan fingerprint density at radius 2 is 0.503 bits per heavy atom. The average Bonchev–Trinajstić information content (AvgIpc) is 1.19. The number of aliphatic hydroxyl groups excluding tert-OH is 1. The molecule has 2 aliphatic rings. The Morgan fingerprint density at radius 3 is 0.699 bits per heavy atom. The number of fused-ring (bicyclic) bond motifs is 2. The molecule has 1 atom stereocenters. The van der Waals surface area contributed by atoms with Crippen molar-refractivity contribution in [1.29, 1.82) is 0 Å². The number of carbonyl (C=O) groups excluding carboxylic acids is 1. The fourth-order valence-electron chi connectivity index (χ4n) is 24.1. The number of rotatable bonds is 54. The van der Waals surface area contributed by atoms with Gasteiger partial charge in [-0.25, -0.2) is 9.97 Å². The molecule has 0 spiro atoms. The third kappa shape index (κ3) is 41.8. The van der Waals surface area contributed by atoms with Gasteiger partial charge in [-0.05, 0) is 24.5 Å². The molecular weight excluding hydrogens is 1740 g/mol. The van der Waals surface area contributed by atoms with Gasteiger partial charge >= 0.3 is 23.1 Å². The van der Waals surface area contributed by atoms with Gasteiger partial charge in [0.05, 0.1) is 52.2 Å². The van der Waals surface area contributed by atoms with Gasteiger partial charge < -0.3 is 37.8 Å². The fraction of sp³-hybridized carbons (Fsp3) is 0.467. The summed E-state index contributed by atoms with van der Waals surface area (Å²) in [5.41, 5.74) is 3.18. The van der Waals surface area contributed by atoms with Gasteiger partial charge in [0.15, 0.2) is 6.29 Å². The van der Waals surface area contributed by atoms with Crippen molar-refractivity contribution >= 4 is 792 Å². The summed E-state index contributed by atoms with van der Waals surface area (Å²) in [6, 6.07) is 3.48. The number of aliphatic hydroxyl groups is 1. The van der Waals surface area contributed by atoms with Crippen molar-refractivity contribution in [3.8, 4) is 0 Å². The average molecular weight is 1770 g/mol. The summed E-state index contributed by atoms with van der Waals surface area (Å²) in [6.45, 7) is 4.00. The largest absolute Gasteiger partial charge is 2.00 e. The van der Waals surface area contributed by atoms with Crippen LogP contribution in [0.15, 0.2) is 49.6 Å². The van der Waals surface area contributed by atoms with E-state index >= 15 is 0 Å². The molecule has 4 heterocycles. The molecule has 6 nitrogen and oxygen atoms in total. The first-order valence-corrected chi connectivity index (χ1v) is 48.4. The number of aldehydes is 1. The van der Waals surface area contributed by atoms with E-state index in [9.17, 15) is 9.90 Å². The van der Waals surface area contributed by atoms with Crippen LogP contribution in [-0.4, -0.2) is 782 Å². The molecule has 1 unspecified atom stereocenters. The first kappa shape index (κ1) is 147. The molecule has 0 bridgehead atoms. The number of pyridine rings is 2. The number of aromatic nitrogens is 4. The van der Waals surface area contributed by atoms with Crippen molar-refractivity contribution < 1.29 is 26.9 Å². The minimum atomic E-state index is -2.36. The van der Waals surface area contributed by atoms with Crippen molar-refractivity contribution in [3.63, 3.8) is 0 Å². The molecule has 105 radical (unpaired) electrons. The Balaban J connectivity index is 0.00000205. The number of carbonyl (C=O) groups is 1. The van der Waals surface area contributed by atoms with Gasteiger partial charge in [0.1, 0.15) is 0 Å². The molecule has 2 aliphatic carbocycles. The van der Waals surface area contributed by atoms with Crippen LogP contribution >= 0.6 is 23.2 Å². The predicted octanol–water partition coefficient (Wildman–Crippen LogP) is -34.4. The molecule has 2 saturated carbocycles. The molecule has 143 heavy (non-hydrogen) atoms. The molecule has 521 valence electrons. The van der Waals surface area contributed by atoms with Crippen LogP contribution in [-0.2, 0) is 0 Å². The van der Waals surface area contributed by atoms with Crippen molar-refractivity contribution in [1.82, 2.24) is 18.8 Å². The summed E-state index contributed by atoms with van der Waals surface area (Å²) in [7, 11) is 373. The van der Waals surface area contributed by atoms with Crippen LogP contribution in [0.5, 0.6) is 0 Å². The monoisotopic (exact) mass is 1790 g/mol. The Kier molecular flexibility index (Phi) is 72.5. The van der Waals surface area contributed by atoms with Crippen molar-refractivity contribution in [2.45, 2.75) is 76.7 Å². The second-order valence-corrected chi connectivity index (χ2v) is 40.4. The van der Waals surface area contributed by atoms with Crippen LogP contribution in [0.25, 0.3) is 11.0 Å². The van der Waals surface area contributed by atoms with Crippen molar-refractivity contribution in [2.24, 2.45) is 11.8 Å². The second-order valence-electron chi connectivity index (χ2n) is 39.5. The van der Waals surface area contributed by atoms with Gasteiger partial charge in [0.2, 0.25) is 0 Å². The van der Waals surface area contributed by atoms with Gasteiger partial charge in [0, 0.05) is 752 Å². The Hall–Kier alpha value is 5.52. The molecule has 0 amide bonds. The van der Waals surface area contributed by atoms with Crippen molar-refractivity contribution in [2.75, 3.05) is 0 Å². The smallest absolute Gasteiger partial charge is 1.00 e. The van der Waals surface area contributed by atoms with Crippen LogP contribution in [0, 0.1) is 18.8 Å². The minimum absolute atomic E-state index is 0. The number of imidazole rings is 2. The third-order valence-corrected chi connectivity index (χ3v) is 29.9. The second kappa shape index (κ2) is 70.8. The fourth-order valence-corrected chi connectivity index (χ4v) is 24.5. The summed E-state index contributed by atoms with van der Waals surface area (Å²) >= 11 is 11.9. The predicted molar refractivity (Wildman–Crippen MR) is 752 cm³/mol. The zero-order valence-corrected chi connectivity index (χ0v) is 86.9. The van der Waals surface area contributed by atoms with Gasteiger partial charge in [-0.2, -0.15) is 5.92 Å². The Labute approximate surface area is 993 Å². The van der Waals surface area contributed by atoms with Crippen LogP contribution < -0.4 is 17.0 Å². The zero-order valence-electron chi connectivity index (χ0n) is 82.4. The topological polar surface area (TPSA) is 71.9 Å². The minimum Gasteiger partial charge on any atom is -1.00 e. The molecule has 2 fully saturated rings. The molecule has 4 aromatic heterocycles. The summed E-state index contributed by atoms with van der Waals surface area (Å²) in [5.74, 6) is 1.43. The quantitative estimate of drug-likeness (QED) is 0.0272. The molecule has 113 heteroatoms. The van der Waals surface area contributed by atoms with Gasteiger partial charge in [-0.15, -0.1) is 0 Å². The first-order valence-electron chi connectivity index (χ1n) is 47.6. The van der Waals surface area contributed by atoms with E-state index in [1.165, 1.54) is 64.2 Å². The molecule has 4 aromatic rings. The molecule has 0 aromatic carbocycles. The SMILES string of the molecule is O=Cc1cc(Cl)cn2cncc12.OC(CC1CCCCC1)c1cc(Cl)cn2cncc12.[B][B]B([B])B(B([B])[B])B(B(B(B([B])[B])B([B])[B])B(B([B])[B])B([B])[B])B(B(B(B([B])[B])B([B])[B])B(B([B])[B])B([B])[B])B(B(B(B(B([B])[B])B([B])[B])B(B([B])[B])B([B])[B])B(B(B([B])[B])B([B])[B])B(B([B])[B])B([B])[B])B(B(B(B([B])[B])B([B])[B])B(B([B])[B])B([B])[B])B(B(B([B])[B])B([B])[B])B(B([B])[B])B([B])[B].[Br-].[CH2-]C1CCCCC1.[Mg+2]. The van der Waals surface area contributed by atoms with E-state index in [0.29, 0.717) is 21.5 Å². The van der Waals surface area contributed by atoms with E-state index in [0.717, 1.165) is 42.3 Å². The molecular formula is C30H37B103BrCl2MgN4O2. The summed E-state index contributed by atoms with van der Waals surface area (Å²) < 4.78 is 3.59.